The van der Waals surface area contributed by atoms with Gasteiger partial charge in [-0.1, -0.05) is 30.3 Å². The van der Waals surface area contributed by atoms with Crippen LogP contribution in [0.5, 0.6) is 0 Å². The van der Waals surface area contributed by atoms with E-state index in [-0.39, 0.29) is 5.82 Å². The molecule has 0 bridgehead atoms. The van der Waals surface area contributed by atoms with Gasteiger partial charge in [0, 0.05) is 11.3 Å². The third-order valence-corrected chi connectivity index (χ3v) is 2.66. The van der Waals surface area contributed by atoms with Gasteiger partial charge in [-0.3, -0.25) is 4.57 Å². The highest BCUT2D eigenvalue weighted by molar-refractivity contribution is 5.57. The number of benzene rings is 2. The predicted octanol–water partition coefficient (Wildman–Crippen LogP) is 3.07. The van der Waals surface area contributed by atoms with Gasteiger partial charge < -0.3 is 0 Å². The van der Waals surface area contributed by atoms with Gasteiger partial charge in [0.1, 0.15) is 12.1 Å². The molecule has 18 heavy (non-hydrogen) atoms. The van der Waals surface area contributed by atoms with Crippen LogP contribution in [-0.2, 0) is 0 Å². The lowest BCUT2D eigenvalue weighted by atomic mass is 10.2. The van der Waals surface area contributed by atoms with E-state index >= 15 is 0 Å². The molecule has 0 spiro atoms. The molecule has 0 radical (unpaired) electrons. The second-order valence-electron chi connectivity index (χ2n) is 3.87. The molecule has 88 valence electrons. The lowest BCUT2D eigenvalue weighted by Gasteiger charge is -2.06. The summed E-state index contributed by atoms with van der Waals surface area (Å²) in [5.74, 6) is 0.343. The summed E-state index contributed by atoms with van der Waals surface area (Å²) in [6.45, 7) is 0. The third kappa shape index (κ3) is 1.88. The van der Waals surface area contributed by atoms with Crippen LogP contribution < -0.4 is 0 Å². The molecule has 4 heteroatoms. The van der Waals surface area contributed by atoms with E-state index in [0.717, 1.165) is 5.69 Å². The summed E-state index contributed by atoms with van der Waals surface area (Å²) in [4.78, 5) is 0. The SMILES string of the molecule is Fc1cccc(-c2nncn2-c2ccccc2)c1. The highest BCUT2D eigenvalue weighted by atomic mass is 19.1. The average Bonchev–Trinajstić information content (AvgIpc) is 2.89. The van der Waals surface area contributed by atoms with Crippen LogP contribution in [0.4, 0.5) is 4.39 Å². The van der Waals surface area contributed by atoms with Gasteiger partial charge in [-0.25, -0.2) is 4.39 Å². The maximum Gasteiger partial charge on any atom is 0.168 e. The van der Waals surface area contributed by atoms with Crippen molar-refractivity contribution in [3.8, 4) is 17.1 Å². The summed E-state index contributed by atoms with van der Waals surface area (Å²) in [6.07, 6.45) is 1.62. The van der Waals surface area contributed by atoms with Crippen molar-refractivity contribution in [3.63, 3.8) is 0 Å². The number of nitrogens with zero attached hydrogens (tertiary/aromatic N) is 3. The van der Waals surface area contributed by atoms with Gasteiger partial charge in [-0.2, -0.15) is 0 Å². The quantitative estimate of drug-likeness (QED) is 0.688. The zero-order valence-corrected chi connectivity index (χ0v) is 9.49. The first-order valence-electron chi connectivity index (χ1n) is 5.56. The molecule has 0 fully saturated rings. The molecule has 0 unspecified atom stereocenters. The number of para-hydroxylation sites is 1. The molecule has 0 saturated heterocycles. The van der Waals surface area contributed by atoms with Crippen molar-refractivity contribution in [1.82, 2.24) is 14.8 Å². The number of aromatic nitrogens is 3. The van der Waals surface area contributed by atoms with Gasteiger partial charge in [0.25, 0.3) is 0 Å². The number of hydrogen-bond acceptors (Lipinski definition) is 2. The largest absolute Gasteiger partial charge is 0.282 e. The van der Waals surface area contributed by atoms with E-state index in [9.17, 15) is 4.39 Å². The van der Waals surface area contributed by atoms with Crippen LogP contribution in [-0.4, -0.2) is 14.8 Å². The van der Waals surface area contributed by atoms with Crippen molar-refractivity contribution in [1.29, 1.82) is 0 Å². The fraction of sp³-hybridized carbons (Fsp3) is 0. The van der Waals surface area contributed by atoms with Gasteiger partial charge in [0.05, 0.1) is 0 Å². The Kier molecular flexibility index (Phi) is 2.61. The lowest BCUT2D eigenvalue weighted by Crippen LogP contribution is -1.96. The van der Waals surface area contributed by atoms with E-state index in [2.05, 4.69) is 10.2 Å². The van der Waals surface area contributed by atoms with Crippen LogP contribution in [0.15, 0.2) is 60.9 Å². The maximum atomic E-state index is 13.2. The zero-order chi connectivity index (χ0) is 12.4. The highest BCUT2D eigenvalue weighted by Crippen LogP contribution is 2.20. The molecule has 0 N–H and O–H groups in total. The van der Waals surface area contributed by atoms with Crippen molar-refractivity contribution in [2.75, 3.05) is 0 Å². The van der Waals surface area contributed by atoms with Crippen molar-refractivity contribution in [2.24, 2.45) is 0 Å². The first-order valence-corrected chi connectivity index (χ1v) is 5.56. The maximum absolute atomic E-state index is 13.2. The lowest BCUT2D eigenvalue weighted by molar-refractivity contribution is 0.628. The van der Waals surface area contributed by atoms with Crippen LogP contribution in [0.1, 0.15) is 0 Å². The Balaban J connectivity index is 2.13. The van der Waals surface area contributed by atoms with Gasteiger partial charge in [-0.05, 0) is 24.3 Å². The van der Waals surface area contributed by atoms with Crippen molar-refractivity contribution < 1.29 is 4.39 Å². The molecule has 0 aliphatic carbocycles. The Morgan fingerprint density at radius 1 is 0.944 bits per heavy atom. The molecule has 3 rings (SSSR count). The minimum absolute atomic E-state index is 0.282. The third-order valence-electron chi connectivity index (χ3n) is 2.66. The second kappa shape index (κ2) is 4.41. The van der Waals surface area contributed by atoms with E-state index in [0.29, 0.717) is 11.4 Å². The Labute approximate surface area is 104 Å². The second-order valence-corrected chi connectivity index (χ2v) is 3.87. The smallest absolute Gasteiger partial charge is 0.168 e. The molecule has 0 amide bonds. The fourth-order valence-corrected chi connectivity index (χ4v) is 1.84. The van der Waals surface area contributed by atoms with E-state index in [4.69, 9.17) is 0 Å². The van der Waals surface area contributed by atoms with E-state index in [1.165, 1.54) is 12.1 Å². The Morgan fingerprint density at radius 2 is 1.78 bits per heavy atom. The van der Waals surface area contributed by atoms with Crippen molar-refractivity contribution in [2.45, 2.75) is 0 Å². The number of halogens is 1. The Morgan fingerprint density at radius 3 is 2.56 bits per heavy atom. The molecule has 0 atom stereocenters. The normalized spacial score (nSPS) is 10.5. The van der Waals surface area contributed by atoms with Gasteiger partial charge >= 0.3 is 0 Å². The van der Waals surface area contributed by atoms with Gasteiger partial charge in [0.2, 0.25) is 0 Å². The summed E-state index contributed by atoms with van der Waals surface area (Å²) in [5, 5.41) is 7.95. The molecule has 3 aromatic rings. The van der Waals surface area contributed by atoms with E-state index in [1.54, 1.807) is 12.4 Å². The van der Waals surface area contributed by atoms with Gasteiger partial charge in [-0.15, -0.1) is 10.2 Å². The summed E-state index contributed by atoms with van der Waals surface area (Å²) < 4.78 is 15.1. The zero-order valence-electron chi connectivity index (χ0n) is 9.49. The van der Waals surface area contributed by atoms with Crippen LogP contribution in [0.25, 0.3) is 17.1 Å². The number of rotatable bonds is 2. The minimum Gasteiger partial charge on any atom is -0.282 e. The number of hydrogen-bond donors (Lipinski definition) is 0. The highest BCUT2D eigenvalue weighted by Gasteiger charge is 2.08. The van der Waals surface area contributed by atoms with E-state index in [1.807, 2.05) is 41.0 Å². The molecule has 0 aliphatic heterocycles. The monoisotopic (exact) mass is 239 g/mol. The molecule has 3 nitrogen and oxygen atoms in total. The van der Waals surface area contributed by atoms with Crippen LogP contribution in [0, 0.1) is 5.82 Å². The molecule has 0 saturated carbocycles. The summed E-state index contributed by atoms with van der Waals surface area (Å²) in [7, 11) is 0. The van der Waals surface area contributed by atoms with Crippen LogP contribution in [0.3, 0.4) is 0 Å². The average molecular weight is 239 g/mol. The van der Waals surface area contributed by atoms with Crippen molar-refractivity contribution >= 4 is 0 Å². The van der Waals surface area contributed by atoms with E-state index < -0.39 is 0 Å². The summed E-state index contributed by atoms with van der Waals surface area (Å²) in [5.41, 5.74) is 1.65. The molecular formula is C14H10FN3. The topological polar surface area (TPSA) is 30.7 Å². The summed E-state index contributed by atoms with van der Waals surface area (Å²) >= 11 is 0. The molecule has 1 heterocycles. The summed E-state index contributed by atoms with van der Waals surface area (Å²) in [6, 6.07) is 16.0. The fourth-order valence-electron chi connectivity index (χ4n) is 1.84. The molecule has 2 aromatic carbocycles. The molecular weight excluding hydrogens is 229 g/mol. The van der Waals surface area contributed by atoms with Crippen LogP contribution >= 0.6 is 0 Å². The Hall–Kier alpha value is -2.49. The Bertz CT molecular complexity index is 662. The molecule has 1 aromatic heterocycles. The van der Waals surface area contributed by atoms with Crippen molar-refractivity contribution in [3.05, 3.63) is 66.7 Å². The molecule has 0 aliphatic rings. The van der Waals surface area contributed by atoms with Gasteiger partial charge in [0.15, 0.2) is 5.82 Å². The first kappa shape index (κ1) is 10.7. The standard InChI is InChI=1S/C14H10FN3/c15-12-6-4-5-11(9-12)14-17-16-10-18(14)13-7-2-1-3-8-13/h1-10H. The predicted molar refractivity (Wildman–Crippen MR) is 66.8 cm³/mol. The van der Waals surface area contributed by atoms with Crippen LogP contribution in [0.2, 0.25) is 0 Å². The first-order chi connectivity index (χ1) is 8.84. The minimum atomic E-state index is -0.282.